The zero-order valence-corrected chi connectivity index (χ0v) is 17.4. The minimum absolute atomic E-state index is 0.00292. The van der Waals surface area contributed by atoms with Gasteiger partial charge in [-0.3, -0.25) is 0 Å². The highest BCUT2D eigenvalue weighted by atomic mass is 32.2. The summed E-state index contributed by atoms with van der Waals surface area (Å²) < 4.78 is 79.0. The first-order valence-corrected chi connectivity index (χ1v) is 11.5. The number of hydrogen-bond acceptors (Lipinski definition) is 5. The van der Waals surface area contributed by atoms with Gasteiger partial charge in [-0.25, -0.2) is 22.5 Å². The van der Waals surface area contributed by atoms with Crippen LogP contribution in [0.1, 0.15) is 5.69 Å². The molecule has 0 radical (unpaired) electrons. The minimum Gasteiger partial charge on any atom is -0.245 e. The van der Waals surface area contributed by atoms with Crippen LogP contribution < -0.4 is 0 Å². The van der Waals surface area contributed by atoms with Gasteiger partial charge >= 0.3 is 6.18 Å². The molecule has 0 spiro atoms. The van der Waals surface area contributed by atoms with Gasteiger partial charge in [0.1, 0.15) is 5.82 Å². The van der Waals surface area contributed by atoms with Crippen molar-refractivity contribution in [3.63, 3.8) is 0 Å². The Hall–Kier alpha value is -3.05. The van der Waals surface area contributed by atoms with Crippen LogP contribution in [0.3, 0.4) is 0 Å². The van der Waals surface area contributed by atoms with Gasteiger partial charge in [0.25, 0.3) is 0 Å². The number of halogens is 4. The first kappa shape index (κ1) is 21.2. The predicted molar refractivity (Wildman–Crippen MR) is 108 cm³/mol. The van der Waals surface area contributed by atoms with E-state index in [4.69, 9.17) is 0 Å². The Labute approximate surface area is 178 Å². The number of alkyl halides is 3. The van der Waals surface area contributed by atoms with Crippen molar-refractivity contribution >= 4 is 21.2 Å². The molecule has 4 rings (SSSR count). The molecule has 0 aliphatic heterocycles. The summed E-state index contributed by atoms with van der Waals surface area (Å²) in [6.07, 6.45) is -3.69. The van der Waals surface area contributed by atoms with Crippen LogP contribution in [0.4, 0.5) is 17.6 Å². The SMILES string of the molecule is CS(=O)(=O)c1ccc(-n2nc(C(F)(F)F)cc2-c2ccc(-c3cscn3)c(F)c2)cc1. The van der Waals surface area contributed by atoms with E-state index < -0.39 is 27.5 Å². The quantitative estimate of drug-likeness (QED) is 0.386. The average Bonchev–Trinajstić information content (AvgIpc) is 3.37. The van der Waals surface area contributed by atoms with Gasteiger partial charge in [0.2, 0.25) is 0 Å². The molecule has 0 aliphatic carbocycles. The second-order valence-electron chi connectivity index (χ2n) is 6.66. The number of rotatable bonds is 4. The van der Waals surface area contributed by atoms with E-state index in [1.54, 1.807) is 10.9 Å². The van der Waals surface area contributed by atoms with Gasteiger partial charge in [-0.1, -0.05) is 6.07 Å². The molecule has 31 heavy (non-hydrogen) atoms. The lowest BCUT2D eigenvalue weighted by Crippen LogP contribution is -2.07. The maximum absolute atomic E-state index is 14.7. The van der Waals surface area contributed by atoms with E-state index in [9.17, 15) is 26.0 Å². The van der Waals surface area contributed by atoms with Crippen LogP contribution in [0.15, 0.2) is 64.3 Å². The van der Waals surface area contributed by atoms with Crippen LogP contribution in [0.5, 0.6) is 0 Å². The molecular weight excluding hydrogens is 454 g/mol. The molecule has 0 atom stereocenters. The average molecular weight is 467 g/mol. The molecule has 160 valence electrons. The number of nitrogens with zero attached hydrogens (tertiary/aromatic N) is 3. The third kappa shape index (κ3) is 4.23. The van der Waals surface area contributed by atoms with Gasteiger partial charge in [0.15, 0.2) is 15.5 Å². The standard InChI is InChI=1S/C20H13F4N3O2S2/c1-31(28,29)14-5-3-13(4-6-14)27-18(9-19(26-27)20(22,23)24)12-2-7-15(16(21)8-12)17-10-30-11-25-17/h2-11H,1H3. The molecule has 0 aliphatic rings. The van der Waals surface area contributed by atoms with E-state index in [-0.39, 0.29) is 27.4 Å². The van der Waals surface area contributed by atoms with Crippen LogP contribution in [0.2, 0.25) is 0 Å². The molecule has 0 saturated heterocycles. The van der Waals surface area contributed by atoms with Crippen molar-refractivity contribution in [3.8, 4) is 28.2 Å². The van der Waals surface area contributed by atoms with Gasteiger partial charge < -0.3 is 0 Å². The van der Waals surface area contributed by atoms with E-state index in [1.165, 1.54) is 47.7 Å². The van der Waals surface area contributed by atoms with Crippen LogP contribution >= 0.6 is 11.3 Å². The fourth-order valence-electron chi connectivity index (χ4n) is 2.98. The van der Waals surface area contributed by atoms with E-state index in [0.29, 0.717) is 5.69 Å². The summed E-state index contributed by atoms with van der Waals surface area (Å²) in [6.45, 7) is 0. The van der Waals surface area contributed by atoms with Gasteiger partial charge in [-0.2, -0.15) is 18.3 Å². The van der Waals surface area contributed by atoms with Crippen molar-refractivity contribution in [2.75, 3.05) is 6.26 Å². The van der Waals surface area contributed by atoms with Gasteiger partial charge in [0, 0.05) is 22.8 Å². The second kappa shape index (κ2) is 7.57. The number of thiazole rings is 1. The fourth-order valence-corrected chi connectivity index (χ4v) is 4.17. The Morgan fingerprint density at radius 2 is 1.74 bits per heavy atom. The lowest BCUT2D eigenvalue weighted by Gasteiger charge is -2.10. The molecule has 0 amide bonds. The highest BCUT2D eigenvalue weighted by Gasteiger charge is 2.35. The highest BCUT2D eigenvalue weighted by Crippen LogP contribution is 2.35. The van der Waals surface area contributed by atoms with Gasteiger partial charge in [0.05, 0.1) is 27.5 Å². The summed E-state index contributed by atoms with van der Waals surface area (Å²) in [5, 5.41) is 5.29. The van der Waals surface area contributed by atoms with E-state index >= 15 is 0 Å². The first-order valence-electron chi connectivity index (χ1n) is 8.70. The van der Waals surface area contributed by atoms with Crippen molar-refractivity contribution in [2.45, 2.75) is 11.1 Å². The molecule has 4 aromatic rings. The monoisotopic (exact) mass is 467 g/mol. The third-order valence-corrected chi connectivity index (χ3v) is 6.20. The Bertz CT molecular complexity index is 1340. The summed E-state index contributed by atoms with van der Waals surface area (Å²) in [6, 6.07) is 10.1. The molecular formula is C20H13F4N3O2S2. The molecule has 5 nitrogen and oxygen atoms in total. The lowest BCUT2D eigenvalue weighted by molar-refractivity contribution is -0.141. The van der Waals surface area contributed by atoms with E-state index in [0.717, 1.165) is 23.1 Å². The zero-order chi connectivity index (χ0) is 22.4. The largest absolute Gasteiger partial charge is 0.435 e. The third-order valence-electron chi connectivity index (χ3n) is 4.48. The van der Waals surface area contributed by atoms with Crippen LogP contribution in [-0.4, -0.2) is 29.4 Å². The van der Waals surface area contributed by atoms with Crippen molar-refractivity contribution in [1.29, 1.82) is 0 Å². The summed E-state index contributed by atoms with van der Waals surface area (Å²) >= 11 is 1.29. The fraction of sp³-hybridized carbons (Fsp3) is 0.100. The molecule has 2 aromatic heterocycles. The maximum Gasteiger partial charge on any atom is 0.435 e. The van der Waals surface area contributed by atoms with Gasteiger partial charge in [-0.15, -0.1) is 11.3 Å². The molecule has 0 unspecified atom stereocenters. The second-order valence-corrected chi connectivity index (χ2v) is 9.39. The summed E-state index contributed by atoms with van der Waals surface area (Å²) in [5.74, 6) is -0.642. The summed E-state index contributed by atoms with van der Waals surface area (Å²) in [7, 11) is -3.48. The molecule has 0 bridgehead atoms. The maximum atomic E-state index is 14.7. The molecule has 11 heteroatoms. The number of benzene rings is 2. The van der Waals surface area contributed by atoms with Crippen molar-refractivity contribution in [1.82, 2.24) is 14.8 Å². The summed E-state index contributed by atoms with van der Waals surface area (Å²) in [4.78, 5) is 4.06. The van der Waals surface area contributed by atoms with Crippen molar-refractivity contribution in [2.24, 2.45) is 0 Å². The van der Waals surface area contributed by atoms with Crippen LogP contribution in [0, 0.1) is 5.82 Å². The Morgan fingerprint density at radius 1 is 1.03 bits per heavy atom. The molecule has 0 fully saturated rings. The highest BCUT2D eigenvalue weighted by molar-refractivity contribution is 7.90. The number of aromatic nitrogens is 3. The molecule has 0 saturated carbocycles. The number of sulfone groups is 1. The Morgan fingerprint density at radius 3 is 2.29 bits per heavy atom. The van der Waals surface area contributed by atoms with E-state index in [1.807, 2.05) is 0 Å². The smallest absolute Gasteiger partial charge is 0.245 e. The molecule has 0 N–H and O–H groups in total. The molecule has 2 aromatic carbocycles. The topological polar surface area (TPSA) is 64.8 Å². The van der Waals surface area contributed by atoms with E-state index in [2.05, 4.69) is 10.1 Å². The molecule has 2 heterocycles. The lowest BCUT2D eigenvalue weighted by atomic mass is 10.1. The Kier molecular flexibility index (Phi) is 5.18. The van der Waals surface area contributed by atoms with Crippen molar-refractivity contribution in [3.05, 3.63) is 70.9 Å². The minimum atomic E-state index is -4.72. The van der Waals surface area contributed by atoms with Crippen LogP contribution in [0.25, 0.3) is 28.2 Å². The van der Waals surface area contributed by atoms with Crippen molar-refractivity contribution < 1.29 is 26.0 Å². The van der Waals surface area contributed by atoms with Crippen LogP contribution in [-0.2, 0) is 16.0 Å². The first-order chi connectivity index (χ1) is 14.5. The Balaban J connectivity index is 1.84. The summed E-state index contributed by atoms with van der Waals surface area (Å²) in [5.41, 5.74) is 1.42. The zero-order valence-electron chi connectivity index (χ0n) is 15.8. The normalized spacial score (nSPS) is 12.3. The number of hydrogen-bond donors (Lipinski definition) is 0. The van der Waals surface area contributed by atoms with Gasteiger partial charge in [-0.05, 0) is 42.5 Å². The predicted octanol–water partition coefficient (Wildman–Crippen LogP) is 5.22.